The monoisotopic (exact) mass is 182 g/mol. The van der Waals surface area contributed by atoms with Crippen LogP contribution < -0.4 is 0 Å². The molecule has 13 heavy (non-hydrogen) atoms. The topological polar surface area (TPSA) is 52.9 Å². The van der Waals surface area contributed by atoms with Crippen LogP contribution in [0.1, 0.15) is 12.8 Å². The van der Waals surface area contributed by atoms with Crippen molar-refractivity contribution in [1.82, 2.24) is 4.90 Å². The summed E-state index contributed by atoms with van der Waals surface area (Å²) in [4.78, 5) is 17.1. The lowest BCUT2D eigenvalue weighted by molar-refractivity contribution is -0.117. The number of hydrogen-bond donors (Lipinski definition) is 1. The third-order valence-corrected chi connectivity index (χ3v) is 1.87. The van der Waals surface area contributed by atoms with Crippen LogP contribution in [-0.4, -0.2) is 42.1 Å². The maximum absolute atomic E-state index is 11.0. The van der Waals surface area contributed by atoms with Gasteiger partial charge in [-0.1, -0.05) is 0 Å². The Morgan fingerprint density at radius 3 is 2.85 bits per heavy atom. The second-order valence-electron chi connectivity index (χ2n) is 3.36. The fourth-order valence-electron chi connectivity index (χ4n) is 1.05. The Kier molecular flexibility index (Phi) is 3.19. The lowest BCUT2D eigenvalue weighted by Crippen LogP contribution is -2.20. The molecule has 1 aliphatic heterocycles. The Labute approximate surface area is 77.6 Å². The summed E-state index contributed by atoms with van der Waals surface area (Å²) in [6.07, 6.45) is 2.27. The van der Waals surface area contributed by atoms with Gasteiger partial charge >= 0.3 is 0 Å². The number of aliphatic hydroxyl groups is 1. The van der Waals surface area contributed by atoms with Crippen molar-refractivity contribution in [2.24, 2.45) is 4.99 Å². The average Bonchev–Trinajstić information content (AvgIpc) is 2.07. The maximum Gasteiger partial charge on any atom is 0.204 e. The van der Waals surface area contributed by atoms with E-state index in [0.29, 0.717) is 0 Å². The average molecular weight is 182 g/mol. The van der Waals surface area contributed by atoms with Gasteiger partial charge in [0.2, 0.25) is 5.78 Å². The molecule has 0 radical (unpaired) electrons. The zero-order chi connectivity index (χ0) is 9.84. The number of rotatable bonds is 3. The fourth-order valence-corrected chi connectivity index (χ4v) is 1.05. The Balaban J connectivity index is 2.49. The largest absolute Gasteiger partial charge is 0.503 e. The Morgan fingerprint density at radius 2 is 2.31 bits per heavy atom. The molecule has 72 valence electrons. The van der Waals surface area contributed by atoms with Crippen LogP contribution in [0.2, 0.25) is 0 Å². The molecule has 0 amide bonds. The molecule has 4 heteroatoms. The molecule has 0 aliphatic carbocycles. The number of aliphatic hydroxyl groups excluding tert-OH is 1. The molecule has 0 bridgehead atoms. The lowest BCUT2D eigenvalue weighted by atomic mass is 10.1. The second-order valence-corrected chi connectivity index (χ2v) is 3.36. The molecule has 0 aromatic heterocycles. The van der Waals surface area contributed by atoms with E-state index in [1.165, 1.54) is 6.20 Å². The van der Waals surface area contributed by atoms with E-state index in [0.717, 1.165) is 18.7 Å². The summed E-state index contributed by atoms with van der Waals surface area (Å²) in [5, 5.41) is 8.97. The Hall–Kier alpha value is -1.16. The summed E-state index contributed by atoms with van der Waals surface area (Å²) in [6, 6.07) is 0. The van der Waals surface area contributed by atoms with E-state index in [9.17, 15) is 4.79 Å². The van der Waals surface area contributed by atoms with Gasteiger partial charge in [-0.25, -0.2) is 0 Å². The minimum Gasteiger partial charge on any atom is -0.503 e. The first kappa shape index (κ1) is 9.92. The molecule has 0 aromatic carbocycles. The second kappa shape index (κ2) is 4.18. The van der Waals surface area contributed by atoms with Gasteiger partial charge in [0, 0.05) is 12.3 Å². The number of Topliss-reactive ketones (excluding diaryl/α,β-unsaturated/α-hetero) is 1. The Morgan fingerprint density at radius 1 is 1.62 bits per heavy atom. The molecule has 0 spiro atoms. The van der Waals surface area contributed by atoms with Crippen molar-refractivity contribution < 1.29 is 9.90 Å². The number of aliphatic imine (C=N–C) groups is 1. The molecular formula is C9H14N2O2. The van der Waals surface area contributed by atoms with E-state index in [2.05, 4.69) is 4.99 Å². The van der Waals surface area contributed by atoms with Gasteiger partial charge in [-0.15, -0.1) is 0 Å². The predicted molar refractivity (Wildman–Crippen MR) is 50.9 cm³/mol. The van der Waals surface area contributed by atoms with E-state index in [4.69, 9.17) is 5.11 Å². The van der Waals surface area contributed by atoms with Crippen molar-refractivity contribution in [3.05, 3.63) is 12.0 Å². The first-order chi connectivity index (χ1) is 6.09. The number of carbonyl (C=O) groups excluding carboxylic acids is 1. The van der Waals surface area contributed by atoms with Gasteiger partial charge < -0.3 is 10.0 Å². The van der Waals surface area contributed by atoms with E-state index in [-0.39, 0.29) is 18.0 Å². The van der Waals surface area contributed by atoms with Crippen molar-refractivity contribution in [1.29, 1.82) is 0 Å². The van der Waals surface area contributed by atoms with E-state index in [1.54, 1.807) is 0 Å². The number of hydrogen-bond acceptors (Lipinski definition) is 4. The first-order valence-corrected chi connectivity index (χ1v) is 4.22. The van der Waals surface area contributed by atoms with Crippen LogP contribution in [0.4, 0.5) is 0 Å². The Bertz CT molecular complexity index is 267. The van der Waals surface area contributed by atoms with Gasteiger partial charge in [0.05, 0.1) is 12.6 Å². The minimum atomic E-state index is -0.233. The summed E-state index contributed by atoms with van der Waals surface area (Å²) in [6.45, 7) is 0.876. The highest BCUT2D eigenvalue weighted by Gasteiger charge is 2.15. The van der Waals surface area contributed by atoms with Crippen molar-refractivity contribution in [3.8, 4) is 0 Å². The molecule has 4 nitrogen and oxygen atoms in total. The van der Waals surface area contributed by atoms with Crippen LogP contribution in [0.15, 0.2) is 17.0 Å². The standard InChI is InChI=1S/C9H14N2O2/c1-11(2)4-3-7-5-8(12)9(13)6-10-7/h6,13H,3-5H2,1-2H3. The SMILES string of the molecule is CN(C)CCC1=NC=C(O)C(=O)C1. The molecule has 1 rings (SSSR count). The van der Waals surface area contributed by atoms with E-state index >= 15 is 0 Å². The summed E-state index contributed by atoms with van der Waals surface area (Å²) in [5.74, 6) is -0.461. The molecule has 0 saturated carbocycles. The van der Waals surface area contributed by atoms with Crippen LogP contribution in [0.3, 0.4) is 0 Å². The zero-order valence-corrected chi connectivity index (χ0v) is 7.95. The normalized spacial score (nSPS) is 17.3. The van der Waals surface area contributed by atoms with Gasteiger partial charge in [-0.05, 0) is 20.5 Å². The van der Waals surface area contributed by atoms with Gasteiger partial charge in [0.1, 0.15) is 0 Å². The highest BCUT2D eigenvalue weighted by Crippen LogP contribution is 2.08. The predicted octanol–water partition coefficient (Wildman–Crippen LogP) is 0.751. The lowest BCUT2D eigenvalue weighted by Gasteiger charge is -2.12. The van der Waals surface area contributed by atoms with Crippen molar-refractivity contribution in [3.63, 3.8) is 0 Å². The smallest absolute Gasteiger partial charge is 0.204 e. The summed E-state index contributed by atoms with van der Waals surface area (Å²) < 4.78 is 0. The van der Waals surface area contributed by atoms with Crippen molar-refractivity contribution in [2.45, 2.75) is 12.8 Å². The van der Waals surface area contributed by atoms with Crippen LogP contribution in [-0.2, 0) is 4.79 Å². The third-order valence-electron chi connectivity index (χ3n) is 1.87. The molecule has 0 unspecified atom stereocenters. The molecule has 1 heterocycles. The first-order valence-electron chi connectivity index (χ1n) is 4.22. The highest BCUT2D eigenvalue weighted by molar-refractivity contribution is 6.10. The number of carbonyl (C=O) groups is 1. The molecular weight excluding hydrogens is 168 g/mol. The van der Waals surface area contributed by atoms with E-state index in [1.807, 2.05) is 19.0 Å². The van der Waals surface area contributed by atoms with Crippen LogP contribution >= 0.6 is 0 Å². The third kappa shape index (κ3) is 2.99. The molecule has 0 atom stereocenters. The molecule has 0 saturated heterocycles. The van der Waals surface area contributed by atoms with Gasteiger partial charge in [-0.3, -0.25) is 9.79 Å². The highest BCUT2D eigenvalue weighted by atomic mass is 16.3. The zero-order valence-electron chi connectivity index (χ0n) is 7.95. The van der Waals surface area contributed by atoms with Gasteiger partial charge in [0.25, 0.3) is 0 Å². The summed E-state index contributed by atoms with van der Waals surface area (Å²) in [5.41, 5.74) is 0.844. The molecule has 1 aliphatic rings. The van der Waals surface area contributed by atoms with Crippen molar-refractivity contribution >= 4 is 11.5 Å². The fraction of sp³-hybridized carbons (Fsp3) is 0.556. The van der Waals surface area contributed by atoms with Gasteiger partial charge in [-0.2, -0.15) is 0 Å². The quantitative estimate of drug-likeness (QED) is 0.700. The van der Waals surface area contributed by atoms with Crippen molar-refractivity contribution in [2.75, 3.05) is 20.6 Å². The van der Waals surface area contributed by atoms with Crippen LogP contribution in [0, 0.1) is 0 Å². The summed E-state index contributed by atoms with van der Waals surface area (Å²) >= 11 is 0. The van der Waals surface area contributed by atoms with Gasteiger partial charge in [0.15, 0.2) is 5.76 Å². The number of ketones is 1. The molecule has 0 fully saturated rings. The summed E-state index contributed by atoms with van der Waals surface area (Å²) in [7, 11) is 3.94. The molecule has 0 aromatic rings. The maximum atomic E-state index is 11.0. The molecule has 1 N–H and O–H groups in total. The van der Waals surface area contributed by atoms with E-state index < -0.39 is 0 Å². The minimum absolute atomic E-state index is 0.228. The van der Waals surface area contributed by atoms with Crippen LogP contribution in [0.25, 0.3) is 0 Å². The number of allylic oxidation sites excluding steroid dienone is 1. The number of nitrogens with zero attached hydrogens (tertiary/aromatic N) is 2. The van der Waals surface area contributed by atoms with Crippen LogP contribution in [0.5, 0.6) is 0 Å².